The van der Waals surface area contributed by atoms with Gasteiger partial charge in [0, 0.05) is 0 Å². The van der Waals surface area contributed by atoms with Gasteiger partial charge in [0.2, 0.25) is 0 Å². The van der Waals surface area contributed by atoms with Crippen LogP contribution in [0.3, 0.4) is 0 Å². The SMILES string of the molecule is CN1CC[C@@]2(Nc3nccn4c([Se]C(F)(F)F)c(C#CCNC(=O)c5cnn(C6CC6)c5)cc34)C[C@H]2C1. The van der Waals surface area contributed by atoms with E-state index < -0.39 is 20.0 Å². The van der Waals surface area contributed by atoms with Crippen molar-refractivity contribution in [2.24, 2.45) is 5.92 Å². The summed E-state index contributed by atoms with van der Waals surface area (Å²) >= 11 is -1.79. The summed E-state index contributed by atoms with van der Waals surface area (Å²) in [7, 11) is 2.11. The summed E-state index contributed by atoms with van der Waals surface area (Å²) in [6.45, 7) is 1.99. The topological polar surface area (TPSA) is 79.5 Å². The van der Waals surface area contributed by atoms with Crippen LogP contribution in [0.25, 0.3) is 5.52 Å². The van der Waals surface area contributed by atoms with Gasteiger partial charge < -0.3 is 0 Å². The number of nitrogens with one attached hydrogen (secondary N) is 2. The van der Waals surface area contributed by atoms with E-state index in [2.05, 4.69) is 44.5 Å². The van der Waals surface area contributed by atoms with E-state index in [1.165, 1.54) is 12.4 Å². The van der Waals surface area contributed by atoms with Crippen LogP contribution in [0.5, 0.6) is 0 Å². The number of nitrogens with zero attached hydrogens (tertiary/aromatic N) is 5. The second-order valence-corrected chi connectivity index (χ2v) is 12.3. The Bertz CT molecular complexity index is 1420. The molecule has 0 radical (unpaired) electrons. The van der Waals surface area contributed by atoms with E-state index in [-0.39, 0.29) is 22.6 Å². The van der Waals surface area contributed by atoms with Gasteiger partial charge in [-0.3, -0.25) is 0 Å². The molecule has 194 valence electrons. The van der Waals surface area contributed by atoms with Crippen LogP contribution in [-0.4, -0.2) is 82.2 Å². The van der Waals surface area contributed by atoms with E-state index >= 15 is 0 Å². The van der Waals surface area contributed by atoms with Gasteiger partial charge in [-0.2, -0.15) is 0 Å². The monoisotopic (exact) mass is 577 g/mol. The number of carbonyl (C=O) groups excluding carboxylic acids is 1. The van der Waals surface area contributed by atoms with E-state index in [9.17, 15) is 18.0 Å². The summed E-state index contributed by atoms with van der Waals surface area (Å²) in [6.07, 6.45) is 10.5. The normalized spacial score (nSPS) is 23.3. The van der Waals surface area contributed by atoms with Crippen LogP contribution < -0.4 is 15.2 Å². The molecule has 12 heteroatoms. The molecule has 3 fully saturated rings. The maximum absolute atomic E-state index is 13.5. The fraction of sp³-hybridized carbons (Fsp3) is 0.480. The Morgan fingerprint density at radius 2 is 2.19 bits per heavy atom. The van der Waals surface area contributed by atoms with Gasteiger partial charge in [0.15, 0.2) is 0 Å². The fourth-order valence-corrected chi connectivity index (χ4v) is 6.54. The molecule has 3 aromatic heterocycles. The molecule has 8 nitrogen and oxygen atoms in total. The number of carbonyl (C=O) groups is 1. The van der Waals surface area contributed by atoms with E-state index in [0.717, 1.165) is 38.8 Å². The minimum atomic E-state index is -4.33. The van der Waals surface area contributed by atoms with Crippen molar-refractivity contribution < 1.29 is 18.0 Å². The molecule has 0 aromatic carbocycles. The Balaban J connectivity index is 1.22. The van der Waals surface area contributed by atoms with E-state index in [0.29, 0.717) is 34.4 Å². The summed E-state index contributed by atoms with van der Waals surface area (Å²) in [5, 5.41) is 6.14. The molecule has 0 spiro atoms. The number of hydrogen-bond acceptors (Lipinski definition) is 5. The number of alkyl halides is 3. The third-order valence-corrected chi connectivity index (χ3v) is 9.05. The summed E-state index contributed by atoms with van der Waals surface area (Å²) in [4.78, 5) is 19.2. The van der Waals surface area contributed by atoms with Crippen molar-refractivity contribution in [2.75, 3.05) is 32.0 Å². The second kappa shape index (κ2) is 9.08. The Hall–Kier alpha value is -3.00. The predicted octanol–water partition coefficient (Wildman–Crippen LogP) is 2.00. The fourth-order valence-electron chi connectivity index (χ4n) is 5.07. The molecule has 3 aliphatic rings. The molecule has 1 aliphatic heterocycles. The van der Waals surface area contributed by atoms with Gasteiger partial charge in [-0.25, -0.2) is 0 Å². The number of piperidine rings is 1. The Morgan fingerprint density at radius 3 is 2.95 bits per heavy atom. The number of anilines is 1. The van der Waals surface area contributed by atoms with Gasteiger partial charge >= 0.3 is 218 Å². The predicted molar refractivity (Wildman–Crippen MR) is 133 cm³/mol. The van der Waals surface area contributed by atoms with Crippen LogP contribution in [0.15, 0.2) is 30.9 Å². The number of hydrogen-bond donors (Lipinski definition) is 2. The van der Waals surface area contributed by atoms with Crippen LogP contribution in [0.2, 0.25) is 0 Å². The quantitative estimate of drug-likeness (QED) is 0.347. The Morgan fingerprint density at radius 1 is 1.35 bits per heavy atom. The van der Waals surface area contributed by atoms with Crippen LogP contribution >= 0.6 is 0 Å². The summed E-state index contributed by atoms with van der Waals surface area (Å²) in [5.41, 5.74) is 1.29. The Kier molecular flexibility index (Phi) is 5.97. The molecular formula is C25H26F3N7OSe. The first-order chi connectivity index (χ1) is 17.7. The number of halogens is 3. The molecule has 2 aliphatic carbocycles. The first-order valence-electron chi connectivity index (χ1n) is 12.2. The molecule has 0 bridgehead atoms. The molecule has 0 unspecified atom stereocenters. The molecule has 4 heterocycles. The minimum absolute atomic E-state index is 0.0136. The van der Waals surface area contributed by atoms with Gasteiger partial charge in [0.1, 0.15) is 0 Å². The zero-order valence-electron chi connectivity index (χ0n) is 20.2. The zero-order valence-corrected chi connectivity index (χ0v) is 21.9. The number of amides is 1. The molecular weight excluding hydrogens is 550 g/mol. The second-order valence-electron chi connectivity index (χ2n) is 10.1. The standard InChI is InChI=1S/C25H26F3N7OSe/c1-33-9-6-24(12-18(24)15-33)32-21-20-11-16(23(37-25(26,27)28)34(20)10-8-29-21)3-2-7-30-22(36)17-13-31-35(14-17)19-4-5-19/h8,10-11,13-14,18-19H,4-7,9,12,15H2,1H3,(H,29,32)(H,30,36)/t18-,24+/m0/s1. The summed E-state index contributed by atoms with van der Waals surface area (Å²) in [6, 6.07) is 2.05. The van der Waals surface area contributed by atoms with Crippen LogP contribution in [0, 0.1) is 17.8 Å². The number of aromatic nitrogens is 4. The first-order valence-corrected chi connectivity index (χ1v) is 14.0. The zero-order chi connectivity index (χ0) is 25.8. The Labute approximate surface area is 218 Å². The molecule has 37 heavy (non-hydrogen) atoms. The average molecular weight is 576 g/mol. The number of fused-ring (bicyclic) bond motifs is 2. The molecule has 1 amide bonds. The molecule has 2 atom stereocenters. The first kappa shape index (κ1) is 24.3. The van der Waals surface area contributed by atoms with Gasteiger partial charge in [-0.05, 0) is 0 Å². The third kappa shape index (κ3) is 5.08. The summed E-state index contributed by atoms with van der Waals surface area (Å²) in [5.74, 6) is 6.49. The molecule has 2 N–H and O–H groups in total. The van der Waals surface area contributed by atoms with Gasteiger partial charge in [-0.15, -0.1) is 0 Å². The van der Waals surface area contributed by atoms with Crippen molar-refractivity contribution in [3.05, 3.63) is 42.0 Å². The van der Waals surface area contributed by atoms with Gasteiger partial charge in [0.05, 0.1) is 0 Å². The summed E-state index contributed by atoms with van der Waals surface area (Å²) < 4.78 is 44.0. The van der Waals surface area contributed by atoms with Crippen molar-refractivity contribution in [1.29, 1.82) is 0 Å². The van der Waals surface area contributed by atoms with Crippen molar-refractivity contribution in [2.45, 2.75) is 42.3 Å². The maximum atomic E-state index is 13.5. The molecule has 1 saturated heterocycles. The van der Waals surface area contributed by atoms with Crippen LogP contribution in [-0.2, 0) is 0 Å². The number of likely N-dealkylation sites (tertiary alicyclic amines) is 1. The third-order valence-electron chi connectivity index (χ3n) is 7.28. The van der Waals surface area contributed by atoms with Gasteiger partial charge in [-0.1, -0.05) is 0 Å². The average Bonchev–Trinajstić information content (AvgIpc) is 3.73. The van der Waals surface area contributed by atoms with E-state index in [1.807, 2.05) is 0 Å². The van der Waals surface area contributed by atoms with Crippen molar-refractivity contribution in [3.63, 3.8) is 0 Å². The molecule has 3 aromatic rings. The van der Waals surface area contributed by atoms with Crippen molar-refractivity contribution >= 4 is 36.8 Å². The van der Waals surface area contributed by atoms with Crippen LogP contribution in [0.4, 0.5) is 19.0 Å². The van der Waals surface area contributed by atoms with E-state index in [4.69, 9.17) is 0 Å². The van der Waals surface area contributed by atoms with Crippen LogP contribution in [0.1, 0.15) is 47.6 Å². The number of rotatable bonds is 6. The van der Waals surface area contributed by atoms with Gasteiger partial charge in [0.25, 0.3) is 0 Å². The molecule has 6 rings (SSSR count). The van der Waals surface area contributed by atoms with Crippen molar-refractivity contribution in [1.82, 2.24) is 29.4 Å². The van der Waals surface area contributed by atoms with Crippen molar-refractivity contribution in [3.8, 4) is 11.8 Å². The molecule has 2 saturated carbocycles. The van der Waals surface area contributed by atoms with E-state index in [1.54, 1.807) is 27.5 Å².